The Hall–Kier alpha value is -1.71. The second-order valence-corrected chi connectivity index (χ2v) is 4.10. The first-order valence-corrected chi connectivity index (χ1v) is 5.61. The Balaban J connectivity index is 2.62. The first-order valence-electron chi connectivity index (χ1n) is 5.61. The van der Waals surface area contributed by atoms with Gasteiger partial charge in [-0.3, -0.25) is 4.79 Å². The van der Waals surface area contributed by atoms with E-state index < -0.39 is 0 Å². The molecule has 0 spiro atoms. The zero-order valence-electron chi connectivity index (χ0n) is 10.7. The van der Waals surface area contributed by atoms with Crippen LogP contribution >= 0.6 is 0 Å². The van der Waals surface area contributed by atoms with Crippen molar-refractivity contribution in [2.24, 2.45) is 0 Å². The van der Waals surface area contributed by atoms with E-state index in [1.807, 2.05) is 39.0 Å². The summed E-state index contributed by atoms with van der Waals surface area (Å²) in [6.45, 7) is 5.77. The average molecular weight is 237 g/mol. The van der Waals surface area contributed by atoms with Crippen LogP contribution in [-0.4, -0.2) is 25.7 Å². The Morgan fingerprint density at radius 2 is 2.12 bits per heavy atom. The molecule has 1 aromatic rings. The smallest absolute Gasteiger partial charge is 0.325 e. The fraction of sp³-hybridized carbons (Fsp3) is 0.462. The van der Waals surface area contributed by atoms with Crippen LogP contribution in [0, 0.1) is 6.92 Å². The molecule has 1 N–H and O–H groups in total. The molecule has 0 saturated carbocycles. The zero-order chi connectivity index (χ0) is 12.8. The maximum Gasteiger partial charge on any atom is 0.325 e. The third kappa shape index (κ3) is 4.34. The maximum absolute atomic E-state index is 11.4. The van der Waals surface area contributed by atoms with Gasteiger partial charge in [0.15, 0.2) is 0 Å². The van der Waals surface area contributed by atoms with Crippen LogP contribution in [-0.2, 0) is 9.53 Å². The van der Waals surface area contributed by atoms with Crippen molar-refractivity contribution >= 4 is 11.7 Å². The molecule has 0 aliphatic heterocycles. The van der Waals surface area contributed by atoms with Gasteiger partial charge in [-0.15, -0.1) is 0 Å². The standard InChI is InChI=1S/C13H19NO3/c1-9(2)17-13(15)8-14-11-7-10(3)5-6-12(11)16-4/h5-7,9,14H,8H2,1-4H3. The van der Waals surface area contributed by atoms with E-state index in [4.69, 9.17) is 9.47 Å². The number of carbonyl (C=O) groups is 1. The van der Waals surface area contributed by atoms with Gasteiger partial charge in [0.1, 0.15) is 12.3 Å². The van der Waals surface area contributed by atoms with Crippen molar-refractivity contribution in [3.8, 4) is 5.75 Å². The van der Waals surface area contributed by atoms with Crippen LogP contribution in [0.1, 0.15) is 19.4 Å². The van der Waals surface area contributed by atoms with Crippen molar-refractivity contribution in [3.05, 3.63) is 23.8 Å². The number of hydrogen-bond donors (Lipinski definition) is 1. The summed E-state index contributed by atoms with van der Waals surface area (Å²) < 4.78 is 10.2. The molecule has 4 nitrogen and oxygen atoms in total. The van der Waals surface area contributed by atoms with Gasteiger partial charge in [-0.2, -0.15) is 0 Å². The fourth-order valence-electron chi connectivity index (χ4n) is 1.43. The van der Waals surface area contributed by atoms with Gasteiger partial charge in [0.2, 0.25) is 0 Å². The van der Waals surface area contributed by atoms with Crippen LogP contribution in [0.5, 0.6) is 5.75 Å². The summed E-state index contributed by atoms with van der Waals surface area (Å²) in [4.78, 5) is 11.4. The molecule has 0 bridgehead atoms. The molecule has 0 fully saturated rings. The zero-order valence-corrected chi connectivity index (χ0v) is 10.7. The minimum absolute atomic E-state index is 0.0938. The molecule has 0 radical (unpaired) electrons. The maximum atomic E-state index is 11.4. The van der Waals surface area contributed by atoms with E-state index in [0.717, 1.165) is 11.3 Å². The Bertz CT molecular complexity index is 388. The van der Waals surface area contributed by atoms with Crippen molar-refractivity contribution in [1.82, 2.24) is 0 Å². The van der Waals surface area contributed by atoms with Crippen molar-refractivity contribution < 1.29 is 14.3 Å². The van der Waals surface area contributed by atoms with Gasteiger partial charge >= 0.3 is 5.97 Å². The van der Waals surface area contributed by atoms with Crippen LogP contribution in [0.15, 0.2) is 18.2 Å². The van der Waals surface area contributed by atoms with Crippen LogP contribution < -0.4 is 10.1 Å². The minimum atomic E-state index is -0.274. The highest BCUT2D eigenvalue weighted by atomic mass is 16.5. The first-order chi connectivity index (χ1) is 8.02. The van der Waals surface area contributed by atoms with Gasteiger partial charge < -0.3 is 14.8 Å². The predicted octanol–water partition coefficient (Wildman–Crippen LogP) is 2.37. The van der Waals surface area contributed by atoms with Gasteiger partial charge in [0.05, 0.1) is 18.9 Å². The molecule has 0 aromatic heterocycles. The summed E-state index contributed by atoms with van der Waals surface area (Å²) in [5.74, 6) is 0.441. The van der Waals surface area contributed by atoms with Crippen molar-refractivity contribution in [1.29, 1.82) is 0 Å². The Morgan fingerprint density at radius 1 is 1.41 bits per heavy atom. The van der Waals surface area contributed by atoms with Gasteiger partial charge in [0, 0.05) is 0 Å². The highest BCUT2D eigenvalue weighted by molar-refractivity contribution is 5.76. The third-order valence-electron chi connectivity index (χ3n) is 2.15. The molecule has 1 aromatic carbocycles. The molecule has 1 rings (SSSR count). The number of anilines is 1. The topological polar surface area (TPSA) is 47.6 Å². The molecule has 0 heterocycles. The lowest BCUT2D eigenvalue weighted by Crippen LogP contribution is -2.20. The third-order valence-corrected chi connectivity index (χ3v) is 2.15. The second-order valence-electron chi connectivity index (χ2n) is 4.10. The predicted molar refractivity (Wildman–Crippen MR) is 67.4 cm³/mol. The fourth-order valence-corrected chi connectivity index (χ4v) is 1.43. The first kappa shape index (κ1) is 13.4. The van der Waals surface area contributed by atoms with Crippen LogP contribution in [0.25, 0.3) is 0 Å². The van der Waals surface area contributed by atoms with E-state index in [1.54, 1.807) is 7.11 Å². The summed E-state index contributed by atoms with van der Waals surface area (Å²) in [7, 11) is 1.60. The van der Waals surface area contributed by atoms with E-state index in [9.17, 15) is 4.79 Å². The molecule has 0 atom stereocenters. The number of carbonyl (C=O) groups excluding carboxylic acids is 1. The van der Waals surface area contributed by atoms with E-state index in [0.29, 0.717) is 5.75 Å². The summed E-state index contributed by atoms with van der Waals surface area (Å²) >= 11 is 0. The molecular formula is C13H19NO3. The molecule has 0 aliphatic carbocycles. The van der Waals surface area contributed by atoms with E-state index in [2.05, 4.69) is 5.32 Å². The lowest BCUT2D eigenvalue weighted by atomic mass is 10.2. The number of aryl methyl sites for hydroxylation is 1. The highest BCUT2D eigenvalue weighted by Crippen LogP contribution is 2.24. The van der Waals surface area contributed by atoms with E-state index in [-0.39, 0.29) is 18.6 Å². The number of benzene rings is 1. The molecule has 0 unspecified atom stereocenters. The highest BCUT2D eigenvalue weighted by Gasteiger charge is 2.07. The number of rotatable bonds is 5. The molecule has 0 amide bonds. The number of esters is 1. The monoisotopic (exact) mass is 237 g/mol. The lowest BCUT2D eigenvalue weighted by molar-refractivity contribution is -0.145. The molecule has 4 heteroatoms. The van der Waals surface area contributed by atoms with E-state index in [1.165, 1.54) is 0 Å². The molecule has 0 aliphatic rings. The van der Waals surface area contributed by atoms with Crippen molar-refractivity contribution in [3.63, 3.8) is 0 Å². The number of hydrogen-bond acceptors (Lipinski definition) is 4. The largest absolute Gasteiger partial charge is 0.495 e. The average Bonchev–Trinajstić information content (AvgIpc) is 2.25. The van der Waals surface area contributed by atoms with Crippen LogP contribution in [0.2, 0.25) is 0 Å². The Labute approximate surface area is 102 Å². The van der Waals surface area contributed by atoms with Crippen molar-refractivity contribution in [2.45, 2.75) is 26.9 Å². The number of methoxy groups -OCH3 is 1. The van der Waals surface area contributed by atoms with Crippen molar-refractivity contribution in [2.75, 3.05) is 19.0 Å². The molecule has 94 valence electrons. The molecule has 0 saturated heterocycles. The van der Waals surface area contributed by atoms with Gasteiger partial charge in [-0.1, -0.05) is 6.07 Å². The molecular weight excluding hydrogens is 218 g/mol. The van der Waals surface area contributed by atoms with Gasteiger partial charge in [0.25, 0.3) is 0 Å². The Morgan fingerprint density at radius 3 is 2.71 bits per heavy atom. The van der Waals surface area contributed by atoms with Gasteiger partial charge in [-0.25, -0.2) is 0 Å². The molecule has 17 heavy (non-hydrogen) atoms. The normalized spacial score (nSPS) is 10.2. The summed E-state index contributed by atoms with van der Waals surface area (Å²) in [5, 5.41) is 3.01. The quantitative estimate of drug-likeness (QED) is 0.799. The minimum Gasteiger partial charge on any atom is -0.495 e. The lowest BCUT2D eigenvalue weighted by Gasteiger charge is -2.12. The SMILES string of the molecule is COc1ccc(C)cc1NCC(=O)OC(C)C. The van der Waals surface area contributed by atoms with Crippen LogP contribution in [0.3, 0.4) is 0 Å². The van der Waals surface area contributed by atoms with E-state index >= 15 is 0 Å². The summed E-state index contributed by atoms with van der Waals surface area (Å²) in [5.41, 5.74) is 1.90. The Kier molecular flexibility index (Phi) is 4.82. The second kappa shape index (κ2) is 6.13. The summed E-state index contributed by atoms with van der Waals surface area (Å²) in [6.07, 6.45) is -0.0938. The number of nitrogens with one attached hydrogen (secondary N) is 1. The number of ether oxygens (including phenoxy) is 2. The summed E-state index contributed by atoms with van der Waals surface area (Å²) in [6, 6.07) is 5.75. The van der Waals surface area contributed by atoms with Crippen LogP contribution in [0.4, 0.5) is 5.69 Å². The van der Waals surface area contributed by atoms with Gasteiger partial charge in [-0.05, 0) is 38.5 Å².